The number of hydrogen-bond acceptors (Lipinski definition) is 6. The van der Waals surface area contributed by atoms with Crippen molar-refractivity contribution >= 4 is 11.8 Å². The number of methoxy groups -OCH3 is 2. The van der Waals surface area contributed by atoms with Gasteiger partial charge in [-0.1, -0.05) is 6.92 Å². The first-order valence-corrected chi connectivity index (χ1v) is 6.33. The first kappa shape index (κ1) is 13.7. The minimum absolute atomic E-state index is 0.147. The highest BCUT2D eigenvalue weighted by molar-refractivity contribution is 5.94. The van der Waals surface area contributed by atoms with Gasteiger partial charge in [0.15, 0.2) is 0 Å². The maximum atomic E-state index is 11.7. The molecule has 19 heavy (non-hydrogen) atoms. The lowest BCUT2D eigenvalue weighted by Crippen LogP contribution is -2.44. The van der Waals surface area contributed by atoms with Crippen LogP contribution < -0.4 is 4.90 Å². The molecule has 1 fully saturated rings. The Morgan fingerprint density at radius 2 is 2.26 bits per heavy atom. The van der Waals surface area contributed by atoms with Gasteiger partial charge in [-0.05, 0) is 12.3 Å². The molecular formula is C13H19N3O3. The van der Waals surface area contributed by atoms with Crippen molar-refractivity contribution in [2.45, 2.75) is 19.4 Å². The molecular weight excluding hydrogens is 246 g/mol. The molecule has 6 heteroatoms. The van der Waals surface area contributed by atoms with Crippen molar-refractivity contribution in [2.75, 3.05) is 32.2 Å². The van der Waals surface area contributed by atoms with E-state index in [0.717, 1.165) is 19.5 Å². The molecule has 0 amide bonds. The second-order valence-corrected chi connectivity index (χ2v) is 4.74. The van der Waals surface area contributed by atoms with Gasteiger partial charge in [0.05, 0.1) is 13.2 Å². The number of carbonyl (C=O) groups is 1. The summed E-state index contributed by atoms with van der Waals surface area (Å²) >= 11 is 0. The third kappa shape index (κ3) is 2.84. The summed E-state index contributed by atoms with van der Waals surface area (Å²) in [5.74, 6) is 0.712. The van der Waals surface area contributed by atoms with E-state index in [-0.39, 0.29) is 6.10 Å². The van der Waals surface area contributed by atoms with Crippen LogP contribution in [0, 0.1) is 5.92 Å². The third-order valence-electron chi connectivity index (χ3n) is 3.59. The fourth-order valence-corrected chi connectivity index (χ4v) is 2.36. The molecule has 1 aliphatic heterocycles. The number of nitrogens with zero attached hydrogens (tertiary/aromatic N) is 3. The number of carbonyl (C=O) groups excluding carboxylic acids is 1. The number of hydrogen-bond donors (Lipinski definition) is 0. The summed E-state index contributed by atoms with van der Waals surface area (Å²) in [7, 11) is 3.07. The number of rotatable bonds is 3. The summed E-state index contributed by atoms with van der Waals surface area (Å²) in [6, 6.07) is 0. The average Bonchev–Trinajstić information content (AvgIpc) is 2.47. The van der Waals surface area contributed by atoms with Crippen molar-refractivity contribution in [3.63, 3.8) is 0 Å². The summed E-state index contributed by atoms with van der Waals surface area (Å²) in [4.78, 5) is 21.9. The van der Waals surface area contributed by atoms with Crippen LogP contribution in [0.4, 0.5) is 5.82 Å². The summed E-state index contributed by atoms with van der Waals surface area (Å²) < 4.78 is 10.2. The normalized spacial score (nSPS) is 23.2. The van der Waals surface area contributed by atoms with E-state index in [9.17, 15) is 4.79 Å². The lowest BCUT2D eigenvalue weighted by Gasteiger charge is -2.37. The molecule has 2 heterocycles. The van der Waals surface area contributed by atoms with Gasteiger partial charge in [0.25, 0.3) is 0 Å². The van der Waals surface area contributed by atoms with Crippen LogP contribution in [0.5, 0.6) is 0 Å². The number of anilines is 1. The SMILES string of the molecule is COC(=O)c1cncnc1N1CCC(C)C(OC)C1. The standard InChI is InChI=1S/C13H19N3O3/c1-9-4-5-16(7-11(9)18-2)12-10(13(17)19-3)6-14-8-15-12/h6,8-9,11H,4-5,7H2,1-3H3. The first-order chi connectivity index (χ1) is 9.17. The van der Waals surface area contributed by atoms with Crippen molar-refractivity contribution in [1.82, 2.24) is 9.97 Å². The predicted octanol–water partition coefficient (Wildman–Crippen LogP) is 1.12. The van der Waals surface area contributed by atoms with Crippen LogP contribution in [0.3, 0.4) is 0 Å². The number of aromatic nitrogens is 2. The highest BCUT2D eigenvalue weighted by Crippen LogP contribution is 2.25. The molecule has 2 rings (SSSR count). The molecule has 6 nitrogen and oxygen atoms in total. The van der Waals surface area contributed by atoms with Gasteiger partial charge >= 0.3 is 5.97 Å². The fraction of sp³-hybridized carbons (Fsp3) is 0.615. The molecule has 1 saturated heterocycles. The molecule has 104 valence electrons. The Labute approximate surface area is 112 Å². The highest BCUT2D eigenvalue weighted by atomic mass is 16.5. The minimum Gasteiger partial charge on any atom is -0.465 e. The molecule has 1 aliphatic rings. The van der Waals surface area contributed by atoms with Crippen LogP contribution in [0.1, 0.15) is 23.7 Å². The number of esters is 1. The van der Waals surface area contributed by atoms with Crippen LogP contribution in [0.2, 0.25) is 0 Å². The van der Waals surface area contributed by atoms with Gasteiger partial charge in [-0.2, -0.15) is 0 Å². The van der Waals surface area contributed by atoms with Crippen molar-refractivity contribution in [1.29, 1.82) is 0 Å². The summed E-state index contributed by atoms with van der Waals surface area (Å²) in [6.07, 6.45) is 4.09. The van der Waals surface area contributed by atoms with Crippen LogP contribution in [-0.2, 0) is 9.47 Å². The minimum atomic E-state index is -0.414. The monoisotopic (exact) mass is 265 g/mol. The van der Waals surface area contributed by atoms with Gasteiger partial charge in [0.1, 0.15) is 17.7 Å². The highest BCUT2D eigenvalue weighted by Gasteiger charge is 2.29. The summed E-state index contributed by atoms with van der Waals surface area (Å²) in [5.41, 5.74) is 0.398. The largest absolute Gasteiger partial charge is 0.465 e. The molecule has 0 saturated carbocycles. The Balaban J connectivity index is 2.24. The molecule has 1 aromatic heterocycles. The smallest absolute Gasteiger partial charge is 0.343 e. The van der Waals surface area contributed by atoms with Gasteiger partial charge in [0, 0.05) is 26.4 Å². The zero-order valence-electron chi connectivity index (χ0n) is 11.5. The number of piperidine rings is 1. The summed E-state index contributed by atoms with van der Waals surface area (Å²) in [5, 5.41) is 0. The van der Waals surface area contributed by atoms with Gasteiger partial charge < -0.3 is 14.4 Å². The zero-order chi connectivity index (χ0) is 13.8. The lowest BCUT2D eigenvalue weighted by molar-refractivity contribution is 0.0491. The van der Waals surface area contributed by atoms with Crippen LogP contribution >= 0.6 is 0 Å². The maximum Gasteiger partial charge on any atom is 0.343 e. The van der Waals surface area contributed by atoms with Gasteiger partial charge in [-0.25, -0.2) is 14.8 Å². The predicted molar refractivity (Wildman–Crippen MR) is 70.2 cm³/mol. The Bertz CT molecular complexity index is 453. The van der Waals surface area contributed by atoms with E-state index in [4.69, 9.17) is 9.47 Å². The Morgan fingerprint density at radius 3 is 2.95 bits per heavy atom. The number of ether oxygens (including phenoxy) is 2. The molecule has 0 N–H and O–H groups in total. The van der Waals surface area contributed by atoms with E-state index in [1.54, 1.807) is 7.11 Å². The quantitative estimate of drug-likeness (QED) is 0.763. The average molecular weight is 265 g/mol. The van der Waals surface area contributed by atoms with E-state index >= 15 is 0 Å². The van der Waals surface area contributed by atoms with Gasteiger partial charge in [0.2, 0.25) is 0 Å². The van der Waals surface area contributed by atoms with E-state index in [1.807, 2.05) is 0 Å². The molecule has 0 aliphatic carbocycles. The second-order valence-electron chi connectivity index (χ2n) is 4.74. The lowest BCUT2D eigenvalue weighted by atomic mass is 9.95. The molecule has 2 unspecified atom stereocenters. The van der Waals surface area contributed by atoms with Gasteiger partial charge in [-0.3, -0.25) is 0 Å². The molecule has 0 radical (unpaired) electrons. The van der Waals surface area contributed by atoms with Crippen molar-refractivity contribution in [2.24, 2.45) is 5.92 Å². The molecule has 1 aromatic rings. The second kappa shape index (κ2) is 5.97. The van der Waals surface area contributed by atoms with Crippen LogP contribution in [-0.4, -0.2) is 49.4 Å². The van der Waals surface area contributed by atoms with E-state index in [2.05, 4.69) is 21.8 Å². The third-order valence-corrected chi connectivity index (χ3v) is 3.59. The molecule has 2 atom stereocenters. The van der Waals surface area contributed by atoms with E-state index in [0.29, 0.717) is 17.3 Å². The Hall–Kier alpha value is -1.69. The van der Waals surface area contributed by atoms with Crippen molar-refractivity contribution < 1.29 is 14.3 Å². The van der Waals surface area contributed by atoms with Crippen LogP contribution in [0.25, 0.3) is 0 Å². The molecule has 0 aromatic carbocycles. The van der Waals surface area contributed by atoms with E-state index in [1.165, 1.54) is 19.6 Å². The zero-order valence-corrected chi connectivity index (χ0v) is 11.5. The summed E-state index contributed by atoms with van der Waals surface area (Å²) in [6.45, 7) is 3.74. The Morgan fingerprint density at radius 1 is 1.47 bits per heavy atom. The van der Waals surface area contributed by atoms with Crippen LogP contribution in [0.15, 0.2) is 12.5 Å². The van der Waals surface area contributed by atoms with Crippen molar-refractivity contribution in [3.8, 4) is 0 Å². The maximum absolute atomic E-state index is 11.7. The molecule has 0 spiro atoms. The Kier molecular flexibility index (Phi) is 4.31. The van der Waals surface area contributed by atoms with E-state index < -0.39 is 5.97 Å². The topological polar surface area (TPSA) is 64.5 Å². The molecule has 0 bridgehead atoms. The van der Waals surface area contributed by atoms with Gasteiger partial charge in [-0.15, -0.1) is 0 Å². The fourth-order valence-electron chi connectivity index (χ4n) is 2.36. The van der Waals surface area contributed by atoms with Crippen molar-refractivity contribution in [3.05, 3.63) is 18.1 Å². The first-order valence-electron chi connectivity index (χ1n) is 6.33.